The van der Waals surface area contributed by atoms with Gasteiger partial charge in [0.1, 0.15) is 11.4 Å². The summed E-state index contributed by atoms with van der Waals surface area (Å²) in [6.07, 6.45) is 13.3. The van der Waals surface area contributed by atoms with Gasteiger partial charge in [0.25, 0.3) is 0 Å². The molecule has 0 saturated heterocycles. The Morgan fingerprint density at radius 2 is 0.727 bits per heavy atom. The topological polar surface area (TPSA) is 6.48 Å². The van der Waals surface area contributed by atoms with Crippen molar-refractivity contribution >= 4 is 11.4 Å². The second-order valence-electron chi connectivity index (χ2n) is 13.2. The van der Waals surface area contributed by atoms with Gasteiger partial charge in [0.05, 0.1) is 6.67 Å². The van der Waals surface area contributed by atoms with E-state index in [0.29, 0.717) is 42.2 Å². The summed E-state index contributed by atoms with van der Waals surface area (Å²) in [5.41, 5.74) is -0.413. The van der Waals surface area contributed by atoms with E-state index in [0.717, 1.165) is 38.5 Å². The lowest BCUT2D eigenvalue weighted by Gasteiger charge is -2.62. The Balaban J connectivity index is 1.29. The summed E-state index contributed by atoms with van der Waals surface area (Å²) in [6.45, 7) is 0.393. The maximum absolute atomic E-state index is 15.6. The Morgan fingerprint density at radius 1 is 0.455 bits per heavy atom. The van der Waals surface area contributed by atoms with E-state index < -0.39 is 23.3 Å². The minimum absolute atomic E-state index is 0.0316. The number of nitrogens with zero attached hydrogens (tertiary/aromatic N) is 2. The van der Waals surface area contributed by atoms with Crippen LogP contribution in [0.25, 0.3) is 0 Å². The molecule has 1 aromatic carbocycles. The standard InChI is InChI=1S/C27H32F4N2/c28-20-21(29)23(31)25-24(22(20)30)32(26-7-14-1-15(8-26)3-16(2-14)9-26)13-33(25)27-10-17-4-18(11-27)6-19(5-17)12-27/h14-19H,1-13H2. The Morgan fingerprint density at radius 3 is 1.00 bits per heavy atom. The van der Waals surface area contributed by atoms with Gasteiger partial charge in [0.2, 0.25) is 0 Å². The highest BCUT2D eigenvalue weighted by atomic mass is 19.2. The van der Waals surface area contributed by atoms with Gasteiger partial charge in [-0.25, -0.2) is 17.6 Å². The van der Waals surface area contributed by atoms with Gasteiger partial charge in [-0.3, -0.25) is 0 Å². The van der Waals surface area contributed by atoms with E-state index in [1.165, 1.54) is 38.5 Å². The molecule has 0 spiro atoms. The normalized spacial score (nSPS) is 46.5. The molecule has 8 bridgehead atoms. The van der Waals surface area contributed by atoms with Gasteiger partial charge >= 0.3 is 0 Å². The molecule has 1 heterocycles. The van der Waals surface area contributed by atoms with Crippen molar-refractivity contribution in [2.24, 2.45) is 35.5 Å². The van der Waals surface area contributed by atoms with E-state index in [1.807, 2.05) is 9.80 Å². The molecule has 33 heavy (non-hydrogen) atoms. The summed E-state index contributed by atoms with van der Waals surface area (Å²) in [5, 5.41) is 0. The monoisotopic (exact) mass is 460 g/mol. The van der Waals surface area contributed by atoms with Gasteiger partial charge in [-0.15, -0.1) is 0 Å². The van der Waals surface area contributed by atoms with Crippen molar-refractivity contribution in [2.45, 2.75) is 88.1 Å². The van der Waals surface area contributed by atoms with Gasteiger partial charge in [0.15, 0.2) is 23.3 Å². The van der Waals surface area contributed by atoms with Crippen LogP contribution < -0.4 is 9.80 Å². The number of hydrogen-bond acceptors (Lipinski definition) is 2. The van der Waals surface area contributed by atoms with E-state index in [2.05, 4.69) is 0 Å². The third-order valence-electron chi connectivity index (χ3n) is 11.2. The van der Waals surface area contributed by atoms with Gasteiger partial charge in [-0.2, -0.15) is 0 Å². The van der Waals surface area contributed by atoms with Crippen LogP contribution in [0, 0.1) is 58.8 Å². The van der Waals surface area contributed by atoms with Crippen molar-refractivity contribution in [1.82, 2.24) is 0 Å². The molecule has 0 radical (unpaired) electrons. The number of fused-ring (bicyclic) bond motifs is 1. The fraction of sp³-hybridized carbons (Fsp3) is 0.778. The molecule has 0 amide bonds. The minimum Gasteiger partial charge on any atom is -0.344 e. The van der Waals surface area contributed by atoms with Crippen LogP contribution in [-0.2, 0) is 0 Å². The van der Waals surface area contributed by atoms with Crippen LogP contribution in [0.1, 0.15) is 77.0 Å². The van der Waals surface area contributed by atoms with Crippen molar-refractivity contribution < 1.29 is 17.6 Å². The molecule has 178 valence electrons. The fourth-order valence-electron chi connectivity index (χ4n) is 10.9. The van der Waals surface area contributed by atoms with Crippen LogP contribution in [0.4, 0.5) is 28.9 Å². The molecule has 2 nitrogen and oxygen atoms in total. The van der Waals surface area contributed by atoms with Crippen molar-refractivity contribution in [3.63, 3.8) is 0 Å². The molecule has 0 unspecified atom stereocenters. The average Bonchev–Trinajstić information content (AvgIpc) is 3.17. The van der Waals surface area contributed by atoms with E-state index in [1.54, 1.807) is 0 Å². The summed E-state index contributed by atoms with van der Waals surface area (Å²) in [7, 11) is 0. The Bertz CT molecular complexity index is 900. The fourth-order valence-corrected chi connectivity index (χ4v) is 10.9. The molecule has 1 aromatic rings. The van der Waals surface area contributed by atoms with Crippen LogP contribution >= 0.6 is 0 Å². The van der Waals surface area contributed by atoms with E-state index in [9.17, 15) is 8.78 Å². The molecule has 8 saturated carbocycles. The zero-order valence-corrected chi connectivity index (χ0v) is 19.1. The largest absolute Gasteiger partial charge is 0.344 e. The predicted octanol–water partition coefficient (Wildman–Crippen LogP) is 6.76. The van der Waals surface area contributed by atoms with Gasteiger partial charge in [-0.05, 0) is 113 Å². The number of anilines is 2. The lowest BCUT2D eigenvalue weighted by molar-refractivity contribution is -0.0128. The molecule has 6 heteroatoms. The Hall–Kier alpha value is -1.46. The molecule has 1 aliphatic heterocycles. The minimum atomic E-state index is -1.65. The maximum atomic E-state index is 15.6. The average molecular weight is 461 g/mol. The molecule has 0 aromatic heterocycles. The lowest BCUT2D eigenvalue weighted by Crippen LogP contribution is -2.64. The molecule has 10 rings (SSSR count). The number of rotatable bonds is 2. The third kappa shape index (κ3) is 2.46. The molecular formula is C27H32F4N2. The molecule has 9 aliphatic rings. The predicted molar refractivity (Wildman–Crippen MR) is 118 cm³/mol. The quantitative estimate of drug-likeness (QED) is 0.273. The summed E-state index contributed by atoms with van der Waals surface area (Å²) in [6, 6.07) is 0. The van der Waals surface area contributed by atoms with E-state index in [-0.39, 0.29) is 22.5 Å². The first kappa shape index (κ1) is 19.8. The van der Waals surface area contributed by atoms with Crippen molar-refractivity contribution in [2.75, 3.05) is 16.5 Å². The van der Waals surface area contributed by atoms with Crippen LogP contribution in [-0.4, -0.2) is 17.7 Å². The van der Waals surface area contributed by atoms with Crippen molar-refractivity contribution in [1.29, 1.82) is 0 Å². The van der Waals surface area contributed by atoms with Crippen LogP contribution in [0.3, 0.4) is 0 Å². The van der Waals surface area contributed by atoms with Crippen LogP contribution in [0.15, 0.2) is 0 Å². The second-order valence-corrected chi connectivity index (χ2v) is 13.2. The first-order valence-electron chi connectivity index (χ1n) is 13.3. The van der Waals surface area contributed by atoms with E-state index >= 15 is 8.78 Å². The second kappa shape index (κ2) is 6.20. The molecule has 0 N–H and O–H groups in total. The van der Waals surface area contributed by atoms with Gasteiger partial charge in [-0.1, -0.05) is 0 Å². The first-order valence-corrected chi connectivity index (χ1v) is 13.3. The highest BCUT2D eigenvalue weighted by molar-refractivity contribution is 5.80. The number of halogens is 4. The summed E-state index contributed by atoms with van der Waals surface area (Å²) >= 11 is 0. The Labute approximate surface area is 192 Å². The van der Waals surface area contributed by atoms with Gasteiger partial charge in [0, 0.05) is 11.1 Å². The number of hydrogen-bond donors (Lipinski definition) is 0. The third-order valence-corrected chi connectivity index (χ3v) is 11.2. The molecular weight excluding hydrogens is 428 g/mol. The molecule has 8 aliphatic carbocycles. The zero-order valence-electron chi connectivity index (χ0n) is 19.1. The lowest BCUT2D eigenvalue weighted by atomic mass is 9.52. The van der Waals surface area contributed by atoms with Crippen LogP contribution in [0.5, 0.6) is 0 Å². The maximum Gasteiger partial charge on any atom is 0.199 e. The Kier molecular flexibility index (Phi) is 3.72. The summed E-state index contributed by atoms with van der Waals surface area (Å²) < 4.78 is 60.4. The molecule has 0 atom stereocenters. The zero-order chi connectivity index (χ0) is 22.3. The van der Waals surface area contributed by atoms with Crippen molar-refractivity contribution in [3.05, 3.63) is 23.3 Å². The van der Waals surface area contributed by atoms with Crippen molar-refractivity contribution in [3.8, 4) is 0 Å². The summed E-state index contributed by atoms with van der Waals surface area (Å²) in [5.74, 6) is -1.85. The molecule has 8 fully saturated rings. The first-order chi connectivity index (χ1) is 15.8. The highest BCUT2D eigenvalue weighted by Gasteiger charge is 2.61. The number of benzene rings is 1. The van der Waals surface area contributed by atoms with Gasteiger partial charge < -0.3 is 9.80 Å². The highest BCUT2D eigenvalue weighted by Crippen LogP contribution is 2.64. The summed E-state index contributed by atoms with van der Waals surface area (Å²) in [4.78, 5) is 4.10. The van der Waals surface area contributed by atoms with Crippen LogP contribution in [0.2, 0.25) is 0 Å². The van der Waals surface area contributed by atoms with E-state index in [4.69, 9.17) is 0 Å². The smallest absolute Gasteiger partial charge is 0.199 e. The SMILES string of the molecule is Fc1c(F)c(F)c2c(c1F)N(C13CC4CC(CC(C4)C1)C3)CN2C12CC3CC(CC(C3)C1)C2.